The van der Waals surface area contributed by atoms with Crippen molar-refractivity contribution in [1.82, 2.24) is 30.0 Å². The standard InChI is InChI=1S/2C37H50N4O7/c1-27(2)34(43)17-19-46-21-23-48-25-24-47-22-20-45-18-9-11-30(42)15-16-35(44)40-26-29-10-5-6-12-31(29)37-36(38-39-41(37)28(3)4)32-13-7-8-14-33(32)40;1-27(2)34(43)17-19-46-21-23-48-25-24-47-22-20-45-18-9-11-30(42)15-16-35(44)40-26-29-10-5-6-12-31(29)36-37(41(28(3)4)39-38-36)32-13-7-8-14-33(32)40/h2*5-8,10,12-14,27-28H,9,11,15-26H2,1-4H3. The molecule has 0 unspecified atom stereocenters. The van der Waals surface area contributed by atoms with Crippen molar-refractivity contribution >= 4 is 46.3 Å². The number of carbonyl (C=O) groups is 6. The molecule has 22 nitrogen and oxygen atoms in total. The van der Waals surface area contributed by atoms with Crippen molar-refractivity contribution in [3.8, 4) is 45.0 Å². The molecule has 0 saturated heterocycles. The molecule has 0 atom stereocenters. The molecule has 0 N–H and O–H groups in total. The SMILES string of the molecule is CC(C)C(=O)CCOCCOCCOCCOCCCC(=O)CCC(=O)N1Cc2ccccc2-c2c(nnn2C(C)C)-c2ccccc21.CC(C)C(=O)CCOCCOCCOCCOCCCC(=O)CCC(=O)N1Cc2ccccc2-c2nnn(C(C)C)c2-c2ccccc21. The minimum absolute atomic E-state index is 0.0405. The molecule has 520 valence electrons. The zero-order chi connectivity index (χ0) is 68.6. The van der Waals surface area contributed by atoms with Crippen molar-refractivity contribution < 1.29 is 66.7 Å². The molecule has 0 aliphatic carbocycles. The summed E-state index contributed by atoms with van der Waals surface area (Å²) < 4.78 is 47.8. The van der Waals surface area contributed by atoms with E-state index >= 15 is 0 Å². The third-order valence-electron chi connectivity index (χ3n) is 16.3. The molecule has 4 aromatic carbocycles. The van der Waals surface area contributed by atoms with Crippen LogP contribution in [0.15, 0.2) is 97.1 Å². The zero-order valence-electron chi connectivity index (χ0n) is 57.6. The summed E-state index contributed by atoms with van der Waals surface area (Å²) in [6, 6.07) is 31.9. The summed E-state index contributed by atoms with van der Waals surface area (Å²) in [5.74, 6) is 0.377. The first-order chi connectivity index (χ1) is 46.5. The van der Waals surface area contributed by atoms with E-state index in [-0.39, 0.29) is 84.6 Å². The van der Waals surface area contributed by atoms with E-state index in [4.69, 9.17) is 37.9 Å². The van der Waals surface area contributed by atoms with Gasteiger partial charge in [-0.3, -0.25) is 28.8 Å². The van der Waals surface area contributed by atoms with Gasteiger partial charge in [0.25, 0.3) is 0 Å². The van der Waals surface area contributed by atoms with Gasteiger partial charge in [-0.15, -0.1) is 10.2 Å². The van der Waals surface area contributed by atoms with Crippen molar-refractivity contribution in [2.45, 2.75) is 145 Å². The highest BCUT2D eigenvalue weighted by atomic mass is 16.6. The molecule has 8 rings (SSSR count). The fraction of sp³-hybridized carbons (Fsp3) is 0.541. The number of fused-ring (bicyclic) bond motifs is 10. The molecule has 2 aromatic heterocycles. The summed E-state index contributed by atoms with van der Waals surface area (Å²) >= 11 is 0. The Kier molecular flexibility index (Phi) is 32.3. The molecule has 4 heterocycles. The minimum Gasteiger partial charge on any atom is -0.379 e. The summed E-state index contributed by atoms with van der Waals surface area (Å²) in [5.41, 5.74) is 10.6. The van der Waals surface area contributed by atoms with Crippen molar-refractivity contribution in [3.05, 3.63) is 108 Å². The van der Waals surface area contributed by atoms with E-state index in [0.717, 1.165) is 67.5 Å². The number of ketones is 4. The molecule has 0 bridgehead atoms. The Balaban J connectivity index is 0.000000271. The van der Waals surface area contributed by atoms with Crippen LogP contribution in [0.5, 0.6) is 0 Å². The number of aromatic nitrogens is 6. The lowest BCUT2D eigenvalue weighted by molar-refractivity contribution is -0.124. The summed E-state index contributed by atoms with van der Waals surface area (Å²) in [4.78, 5) is 79.5. The van der Waals surface area contributed by atoms with Gasteiger partial charge < -0.3 is 47.7 Å². The maximum atomic E-state index is 13.7. The summed E-state index contributed by atoms with van der Waals surface area (Å²) in [6.07, 6.45) is 3.38. The molecule has 96 heavy (non-hydrogen) atoms. The highest BCUT2D eigenvalue weighted by molar-refractivity contribution is 6.02. The van der Waals surface area contributed by atoms with Crippen LogP contribution in [0.3, 0.4) is 0 Å². The van der Waals surface area contributed by atoms with Crippen molar-refractivity contribution in [2.24, 2.45) is 11.8 Å². The molecular formula is C74H100N8O14. The third kappa shape index (κ3) is 23.3. The van der Waals surface area contributed by atoms with E-state index in [1.165, 1.54) is 0 Å². The number of hydrogen-bond acceptors (Lipinski definition) is 18. The van der Waals surface area contributed by atoms with Crippen molar-refractivity contribution in [2.75, 3.05) is 116 Å². The van der Waals surface area contributed by atoms with E-state index in [1.54, 1.807) is 9.80 Å². The first-order valence-corrected chi connectivity index (χ1v) is 34.1. The number of hydrogen-bond donors (Lipinski definition) is 0. The van der Waals surface area contributed by atoms with E-state index in [1.807, 2.05) is 128 Å². The number of rotatable bonds is 42. The highest BCUT2D eigenvalue weighted by Gasteiger charge is 2.32. The smallest absolute Gasteiger partial charge is 0.227 e. The fourth-order valence-corrected chi connectivity index (χ4v) is 10.9. The highest BCUT2D eigenvalue weighted by Crippen LogP contribution is 2.44. The molecule has 0 radical (unpaired) electrons. The molecule has 22 heteroatoms. The second-order valence-corrected chi connectivity index (χ2v) is 24.9. The predicted octanol–water partition coefficient (Wildman–Crippen LogP) is 11.7. The van der Waals surface area contributed by atoms with Crippen LogP contribution in [0, 0.1) is 11.8 Å². The van der Waals surface area contributed by atoms with Gasteiger partial charge in [0.1, 0.15) is 34.5 Å². The molecule has 0 fully saturated rings. The predicted molar refractivity (Wildman–Crippen MR) is 367 cm³/mol. The lowest BCUT2D eigenvalue weighted by Gasteiger charge is -2.29. The van der Waals surface area contributed by atoms with Crippen LogP contribution in [0.2, 0.25) is 0 Å². The van der Waals surface area contributed by atoms with Gasteiger partial charge in [-0.05, 0) is 63.8 Å². The Bertz CT molecular complexity index is 3410. The average molecular weight is 1330 g/mol. The Morgan fingerprint density at radius 2 is 0.677 bits per heavy atom. The lowest BCUT2D eigenvalue weighted by atomic mass is 9.95. The fourth-order valence-electron chi connectivity index (χ4n) is 10.9. The van der Waals surface area contributed by atoms with Crippen LogP contribution in [0.25, 0.3) is 45.0 Å². The van der Waals surface area contributed by atoms with Gasteiger partial charge in [0.2, 0.25) is 11.8 Å². The number of para-hydroxylation sites is 2. The Morgan fingerprint density at radius 1 is 0.354 bits per heavy atom. The van der Waals surface area contributed by atoms with Gasteiger partial charge in [-0.2, -0.15) is 0 Å². The zero-order valence-corrected chi connectivity index (χ0v) is 57.6. The molecule has 2 aliphatic rings. The number of Topliss-reactive ketones (excluding diaryl/α,β-unsaturated/α-hetero) is 4. The second-order valence-electron chi connectivity index (χ2n) is 24.9. The van der Waals surface area contributed by atoms with Crippen LogP contribution < -0.4 is 9.80 Å². The normalized spacial score (nSPS) is 12.4. The largest absolute Gasteiger partial charge is 0.379 e. The third-order valence-corrected chi connectivity index (χ3v) is 16.3. The Labute approximate surface area is 565 Å². The number of ether oxygens (including phenoxy) is 8. The van der Waals surface area contributed by atoms with Crippen LogP contribution in [-0.2, 0) is 79.8 Å². The molecule has 0 saturated carbocycles. The number of amides is 2. The Morgan fingerprint density at radius 3 is 1.09 bits per heavy atom. The maximum absolute atomic E-state index is 13.7. The van der Waals surface area contributed by atoms with Gasteiger partial charge in [0.05, 0.1) is 128 Å². The van der Waals surface area contributed by atoms with Crippen molar-refractivity contribution in [3.63, 3.8) is 0 Å². The van der Waals surface area contributed by atoms with Crippen molar-refractivity contribution in [1.29, 1.82) is 0 Å². The van der Waals surface area contributed by atoms with Crippen LogP contribution in [0.1, 0.15) is 143 Å². The Hall–Kier alpha value is -7.54. The van der Waals surface area contributed by atoms with Gasteiger partial charge in [0.15, 0.2) is 0 Å². The van der Waals surface area contributed by atoms with E-state index in [9.17, 15) is 28.8 Å². The molecular weight excluding hydrogens is 1220 g/mol. The van der Waals surface area contributed by atoms with Crippen LogP contribution in [0.4, 0.5) is 11.4 Å². The quantitative estimate of drug-likeness (QED) is 0.0323. The van der Waals surface area contributed by atoms with Gasteiger partial charge in [-0.25, -0.2) is 9.36 Å². The number of carbonyl (C=O) groups excluding carboxylic acids is 6. The molecule has 2 amide bonds. The lowest BCUT2D eigenvalue weighted by Crippen LogP contribution is -2.32. The summed E-state index contributed by atoms with van der Waals surface area (Å²) in [5, 5.41) is 18.1. The number of benzene rings is 4. The van der Waals surface area contributed by atoms with Gasteiger partial charge in [-0.1, -0.05) is 123 Å². The second kappa shape index (κ2) is 40.9. The monoisotopic (exact) mass is 1320 g/mol. The van der Waals surface area contributed by atoms with E-state index in [0.29, 0.717) is 157 Å². The van der Waals surface area contributed by atoms with E-state index < -0.39 is 0 Å². The summed E-state index contributed by atoms with van der Waals surface area (Å²) in [6.45, 7) is 23.7. The average Bonchev–Trinajstić information content (AvgIpc) is 1.50. The minimum atomic E-state index is -0.103. The number of anilines is 2. The van der Waals surface area contributed by atoms with E-state index in [2.05, 4.69) is 54.4 Å². The van der Waals surface area contributed by atoms with Gasteiger partial charge in [0, 0.05) is 111 Å². The molecule has 6 aromatic rings. The first kappa shape index (κ1) is 75.8. The van der Waals surface area contributed by atoms with Crippen LogP contribution >= 0.6 is 0 Å². The maximum Gasteiger partial charge on any atom is 0.227 e. The van der Waals surface area contributed by atoms with Gasteiger partial charge >= 0.3 is 0 Å². The number of nitrogens with zero attached hydrogens (tertiary/aromatic N) is 8. The molecule has 2 aliphatic heterocycles. The summed E-state index contributed by atoms with van der Waals surface area (Å²) in [7, 11) is 0. The molecule has 0 spiro atoms. The van der Waals surface area contributed by atoms with Crippen LogP contribution in [-0.4, -0.2) is 171 Å². The topological polar surface area (TPSA) is 244 Å². The first-order valence-electron chi connectivity index (χ1n) is 34.1.